The maximum absolute atomic E-state index is 12.5. The number of nitrogens with zero attached hydrogens (tertiary/aromatic N) is 1. The van der Waals surface area contributed by atoms with Gasteiger partial charge in [-0.05, 0) is 44.2 Å². The monoisotopic (exact) mass is 278 g/mol. The smallest absolute Gasteiger partial charge is 0.264 e. The SMILES string of the molecule is CC1C(=O)NCCN1C(=O)c1cc2c(s1)CCCC2. The quantitative estimate of drug-likeness (QED) is 0.848. The molecule has 1 aromatic heterocycles. The predicted molar refractivity (Wildman–Crippen MR) is 74.5 cm³/mol. The molecule has 1 fully saturated rings. The van der Waals surface area contributed by atoms with Gasteiger partial charge < -0.3 is 10.2 Å². The fourth-order valence-corrected chi connectivity index (χ4v) is 4.01. The summed E-state index contributed by atoms with van der Waals surface area (Å²) in [6, 6.07) is 1.68. The molecule has 5 heteroatoms. The summed E-state index contributed by atoms with van der Waals surface area (Å²) in [5.41, 5.74) is 1.34. The van der Waals surface area contributed by atoms with Crippen LogP contribution in [0, 0.1) is 0 Å². The normalized spacial score (nSPS) is 22.9. The number of carbonyl (C=O) groups is 2. The molecule has 1 aliphatic heterocycles. The Labute approximate surface area is 116 Å². The number of amides is 2. The largest absolute Gasteiger partial charge is 0.353 e. The molecule has 1 saturated heterocycles. The molecule has 1 unspecified atom stereocenters. The number of thiophene rings is 1. The lowest BCUT2D eigenvalue weighted by molar-refractivity contribution is -0.127. The molecule has 0 spiro atoms. The fraction of sp³-hybridized carbons (Fsp3) is 0.571. The van der Waals surface area contributed by atoms with Gasteiger partial charge in [-0.25, -0.2) is 0 Å². The Morgan fingerprint density at radius 3 is 3.00 bits per heavy atom. The lowest BCUT2D eigenvalue weighted by Gasteiger charge is -2.32. The van der Waals surface area contributed by atoms with Gasteiger partial charge in [0.1, 0.15) is 6.04 Å². The minimum Gasteiger partial charge on any atom is -0.353 e. The average Bonchev–Trinajstić information content (AvgIpc) is 2.85. The highest BCUT2D eigenvalue weighted by molar-refractivity contribution is 7.14. The Balaban J connectivity index is 1.83. The predicted octanol–water partition coefficient (Wildman–Crippen LogP) is 1.59. The van der Waals surface area contributed by atoms with E-state index < -0.39 is 0 Å². The van der Waals surface area contributed by atoms with Crippen molar-refractivity contribution < 1.29 is 9.59 Å². The van der Waals surface area contributed by atoms with E-state index in [1.807, 2.05) is 6.07 Å². The number of fused-ring (bicyclic) bond motifs is 1. The lowest BCUT2D eigenvalue weighted by atomic mass is 9.99. The maximum Gasteiger partial charge on any atom is 0.264 e. The van der Waals surface area contributed by atoms with Gasteiger partial charge in [-0.15, -0.1) is 11.3 Å². The van der Waals surface area contributed by atoms with Crippen molar-refractivity contribution in [3.8, 4) is 0 Å². The number of piperazine rings is 1. The zero-order chi connectivity index (χ0) is 13.4. The van der Waals surface area contributed by atoms with E-state index in [4.69, 9.17) is 0 Å². The van der Waals surface area contributed by atoms with Crippen LogP contribution >= 0.6 is 11.3 Å². The van der Waals surface area contributed by atoms with Gasteiger partial charge in [0.2, 0.25) is 5.91 Å². The molecule has 3 rings (SSSR count). The van der Waals surface area contributed by atoms with E-state index in [9.17, 15) is 9.59 Å². The molecule has 2 heterocycles. The molecular weight excluding hydrogens is 260 g/mol. The van der Waals surface area contributed by atoms with Crippen LogP contribution in [0.15, 0.2) is 6.07 Å². The second-order valence-corrected chi connectivity index (χ2v) is 6.37. The van der Waals surface area contributed by atoms with E-state index in [0.29, 0.717) is 13.1 Å². The van der Waals surface area contributed by atoms with Crippen molar-refractivity contribution in [1.82, 2.24) is 10.2 Å². The van der Waals surface area contributed by atoms with Crippen LogP contribution in [0.5, 0.6) is 0 Å². The molecule has 2 aliphatic rings. The Hall–Kier alpha value is -1.36. The number of rotatable bonds is 1. The zero-order valence-electron chi connectivity index (χ0n) is 11.1. The number of hydrogen-bond acceptors (Lipinski definition) is 3. The number of hydrogen-bond donors (Lipinski definition) is 1. The van der Waals surface area contributed by atoms with Crippen molar-refractivity contribution in [2.75, 3.05) is 13.1 Å². The third kappa shape index (κ3) is 2.27. The van der Waals surface area contributed by atoms with E-state index in [1.165, 1.54) is 23.3 Å². The molecule has 0 aromatic carbocycles. The lowest BCUT2D eigenvalue weighted by Crippen LogP contribution is -2.55. The van der Waals surface area contributed by atoms with Crippen LogP contribution in [-0.4, -0.2) is 35.8 Å². The van der Waals surface area contributed by atoms with Crippen molar-refractivity contribution in [3.05, 3.63) is 21.4 Å². The van der Waals surface area contributed by atoms with E-state index in [0.717, 1.165) is 17.7 Å². The molecule has 1 N–H and O–H groups in total. The standard InChI is InChI=1S/C14H18N2O2S/c1-9-13(17)15-6-7-16(9)14(18)12-8-10-4-2-3-5-11(10)19-12/h8-9H,2-7H2,1H3,(H,15,17). The second-order valence-electron chi connectivity index (χ2n) is 5.23. The number of aryl methyl sites for hydroxylation is 2. The topological polar surface area (TPSA) is 49.4 Å². The minimum atomic E-state index is -0.361. The van der Waals surface area contributed by atoms with Crippen molar-refractivity contribution in [1.29, 1.82) is 0 Å². The Kier molecular flexibility index (Phi) is 3.31. The Morgan fingerprint density at radius 2 is 2.21 bits per heavy atom. The first-order valence-electron chi connectivity index (χ1n) is 6.87. The van der Waals surface area contributed by atoms with Gasteiger partial charge in [-0.1, -0.05) is 0 Å². The first kappa shape index (κ1) is 12.7. The van der Waals surface area contributed by atoms with Gasteiger partial charge >= 0.3 is 0 Å². The van der Waals surface area contributed by atoms with Crippen LogP contribution in [0.2, 0.25) is 0 Å². The summed E-state index contributed by atoms with van der Waals surface area (Å²) < 4.78 is 0. The van der Waals surface area contributed by atoms with Gasteiger partial charge in [-0.2, -0.15) is 0 Å². The molecule has 0 bridgehead atoms. The van der Waals surface area contributed by atoms with Gasteiger partial charge in [0.25, 0.3) is 5.91 Å². The molecule has 102 valence electrons. The van der Waals surface area contributed by atoms with Gasteiger partial charge in [0, 0.05) is 18.0 Å². The van der Waals surface area contributed by atoms with Crippen LogP contribution in [0.25, 0.3) is 0 Å². The zero-order valence-corrected chi connectivity index (χ0v) is 11.9. The molecular formula is C14H18N2O2S. The summed E-state index contributed by atoms with van der Waals surface area (Å²) >= 11 is 1.62. The molecule has 1 aromatic rings. The van der Waals surface area contributed by atoms with Crippen LogP contribution in [0.3, 0.4) is 0 Å². The Bertz CT molecular complexity index is 500. The molecule has 1 aliphatic carbocycles. The first-order chi connectivity index (χ1) is 9.16. The molecule has 0 saturated carbocycles. The summed E-state index contributed by atoms with van der Waals surface area (Å²) in [5.74, 6) is -0.0392. The highest BCUT2D eigenvalue weighted by Gasteiger charge is 2.31. The second kappa shape index (κ2) is 4.96. The van der Waals surface area contributed by atoms with Gasteiger partial charge in [-0.3, -0.25) is 9.59 Å². The van der Waals surface area contributed by atoms with Gasteiger partial charge in [0.05, 0.1) is 4.88 Å². The van der Waals surface area contributed by atoms with Gasteiger partial charge in [0.15, 0.2) is 0 Å². The van der Waals surface area contributed by atoms with Crippen molar-refractivity contribution in [2.45, 2.75) is 38.6 Å². The summed E-state index contributed by atoms with van der Waals surface area (Å²) in [5, 5.41) is 2.79. The molecule has 19 heavy (non-hydrogen) atoms. The number of carbonyl (C=O) groups excluding carboxylic acids is 2. The molecule has 1 atom stereocenters. The average molecular weight is 278 g/mol. The highest BCUT2D eigenvalue weighted by atomic mass is 32.1. The van der Waals surface area contributed by atoms with Crippen LogP contribution < -0.4 is 5.32 Å². The maximum atomic E-state index is 12.5. The highest BCUT2D eigenvalue weighted by Crippen LogP contribution is 2.30. The Morgan fingerprint density at radius 1 is 1.42 bits per heavy atom. The summed E-state index contributed by atoms with van der Waals surface area (Å²) in [6.45, 7) is 2.95. The molecule has 0 radical (unpaired) electrons. The van der Waals surface area contributed by atoms with Crippen LogP contribution in [-0.2, 0) is 17.6 Å². The molecule has 2 amide bonds. The number of nitrogens with one attached hydrogen (secondary N) is 1. The van der Waals surface area contributed by atoms with E-state index in [1.54, 1.807) is 23.2 Å². The van der Waals surface area contributed by atoms with Crippen molar-refractivity contribution >= 4 is 23.2 Å². The summed E-state index contributed by atoms with van der Waals surface area (Å²) in [6.07, 6.45) is 4.64. The van der Waals surface area contributed by atoms with Crippen molar-refractivity contribution in [3.63, 3.8) is 0 Å². The van der Waals surface area contributed by atoms with E-state index in [2.05, 4.69) is 5.32 Å². The van der Waals surface area contributed by atoms with E-state index in [-0.39, 0.29) is 17.9 Å². The summed E-state index contributed by atoms with van der Waals surface area (Å²) in [4.78, 5) is 28.0. The van der Waals surface area contributed by atoms with Crippen molar-refractivity contribution in [2.24, 2.45) is 0 Å². The first-order valence-corrected chi connectivity index (χ1v) is 7.69. The van der Waals surface area contributed by atoms with Crippen LogP contribution in [0.1, 0.15) is 39.9 Å². The third-order valence-corrected chi connectivity index (χ3v) is 5.19. The van der Waals surface area contributed by atoms with E-state index >= 15 is 0 Å². The third-order valence-electron chi connectivity index (χ3n) is 3.97. The fourth-order valence-electron chi connectivity index (χ4n) is 2.80. The summed E-state index contributed by atoms with van der Waals surface area (Å²) in [7, 11) is 0. The van der Waals surface area contributed by atoms with Crippen LogP contribution in [0.4, 0.5) is 0 Å². The molecule has 4 nitrogen and oxygen atoms in total. The minimum absolute atomic E-state index is 0.0155.